The quantitative estimate of drug-likeness (QED) is 0.252. The fraction of sp³-hybridized carbons (Fsp3) is 0.323. The van der Waals surface area contributed by atoms with Crippen molar-refractivity contribution in [3.63, 3.8) is 0 Å². The lowest BCUT2D eigenvalue weighted by Gasteiger charge is -2.16. The van der Waals surface area contributed by atoms with E-state index in [1.165, 1.54) is 0 Å². The normalized spacial score (nSPS) is 14.2. The highest BCUT2D eigenvalue weighted by Crippen LogP contribution is 2.37. The highest BCUT2D eigenvalue weighted by Gasteiger charge is 2.34. The van der Waals surface area contributed by atoms with E-state index in [1.807, 2.05) is 43.3 Å². The molecule has 1 unspecified atom stereocenters. The van der Waals surface area contributed by atoms with Gasteiger partial charge in [-0.2, -0.15) is 0 Å². The molecule has 1 aliphatic rings. The molecule has 0 heterocycles. The number of benzene rings is 3. The molecule has 3 N–H and O–H groups in total. The monoisotopic (exact) mass is 532 g/mol. The van der Waals surface area contributed by atoms with E-state index >= 15 is 0 Å². The molecule has 0 aromatic heterocycles. The molecule has 8 nitrogen and oxygen atoms in total. The number of carbonyl (C=O) groups excluding carboxylic acids is 1. The molecule has 39 heavy (non-hydrogen) atoms. The van der Waals surface area contributed by atoms with E-state index in [0.29, 0.717) is 47.8 Å². The summed E-state index contributed by atoms with van der Waals surface area (Å²) in [5, 5.41) is 29.0. The van der Waals surface area contributed by atoms with Gasteiger partial charge in [-0.3, -0.25) is 14.4 Å². The SMILES string of the molecule is CCc1cc(-c2ccccc2)c(O)cc1OCCCOc1ccc2c(c1CCC(=O)O)CC(CC(=O)O)C2=O. The van der Waals surface area contributed by atoms with E-state index in [1.54, 1.807) is 18.2 Å². The van der Waals surface area contributed by atoms with Crippen LogP contribution in [0.4, 0.5) is 0 Å². The number of aryl methyl sites for hydroxylation is 1. The molecule has 8 heteroatoms. The number of Topliss-reactive ketones (excluding diaryl/α,β-unsaturated/α-hetero) is 1. The van der Waals surface area contributed by atoms with Crippen LogP contribution in [0.15, 0.2) is 54.6 Å². The van der Waals surface area contributed by atoms with E-state index < -0.39 is 17.9 Å². The number of ketones is 1. The Balaban J connectivity index is 1.41. The molecule has 0 saturated heterocycles. The molecule has 0 spiro atoms. The van der Waals surface area contributed by atoms with Gasteiger partial charge in [0.15, 0.2) is 5.78 Å². The number of hydrogen-bond acceptors (Lipinski definition) is 6. The zero-order chi connectivity index (χ0) is 27.9. The summed E-state index contributed by atoms with van der Waals surface area (Å²) in [5.74, 6) is -1.64. The second-order valence-corrected chi connectivity index (χ2v) is 9.57. The van der Waals surface area contributed by atoms with Crippen LogP contribution in [0.25, 0.3) is 11.1 Å². The topological polar surface area (TPSA) is 130 Å². The molecule has 4 rings (SSSR count). The maximum Gasteiger partial charge on any atom is 0.304 e. The summed E-state index contributed by atoms with van der Waals surface area (Å²) in [6.07, 6.45) is 1.31. The molecule has 0 radical (unpaired) electrons. The Morgan fingerprint density at radius 2 is 1.64 bits per heavy atom. The van der Waals surface area contributed by atoms with Crippen LogP contribution in [0.5, 0.6) is 17.2 Å². The molecule has 3 aromatic carbocycles. The highest BCUT2D eigenvalue weighted by atomic mass is 16.5. The standard InChI is InChI=1S/C31H32O8/c1-2-19-15-24(20-7-4-3-5-8-20)26(32)18-28(19)39-14-6-13-38-27-11-9-23-25(22(27)10-12-29(33)34)16-21(31(23)37)17-30(35)36/h3-5,7-9,11,15,18,21,32H,2,6,10,12-14,16-17H2,1H3,(H,33,34)(H,35,36). The molecule has 0 amide bonds. The molecule has 3 aromatic rings. The Bertz CT molecular complexity index is 1360. The second-order valence-electron chi connectivity index (χ2n) is 9.57. The van der Waals surface area contributed by atoms with Gasteiger partial charge in [-0.15, -0.1) is 0 Å². The average Bonchev–Trinajstić information content (AvgIpc) is 3.22. The maximum absolute atomic E-state index is 12.7. The lowest BCUT2D eigenvalue weighted by atomic mass is 9.97. The predicted octanol–water partition coefficient (Wildman–Crippen LogP) is 5.32. The minimum atomic E-state index is -1.04. The Morgan fingerprint density at radius 3 is 2.31 bits per heavy atom. The van der Waals surface area contributed by atoms with Crippen LogP contribution >= 0.6 is 0 Å². The summed E-state index contributed by atoms with van der Waals surface area (Å²) < 4.78 is 12.0. The van der Waals surface area contributed by atoms with Crippen molar-refractivity contribution in [3.05, 3.63) is 76.9 Å². The number of phenolic OH excluding ortho intramolecular Hbond substituents is 1. The first-order chi connectivity index (χ1) is 18.8. The first-order valence-electron chi connectivity index (χ1n) is 13.1. The minimum Gasteiger partial charge on any atom is -0.507 e. The molecule has 1 aliphatic carbocycles. The predicted molar refractivity (Wildman–Crippen MR) is 145 cm³/mol. The van der Waals surface area contributed by atoms with Gasteiger partial charge in [0.1, 0.15) is 17.2 Å². The number of hydrogen-bond donors (Lipinski definition) is 3. The molecule has 0 fully saturated rings. The average molecular weight is 533 g/mol. The van der Waals surface area contributed by atoms with E-state index in [0.717, 1.165) is 23.1 Å². The van der Waals surface area contributed by atoms with E-state index in [9.17, 15) is 24.6 Å². The number of aromatic hydroxyl groups is 1. The van der Waals surface area contributed by atoms with Gasteiger partial charge in [0.05, 0.1) is 19.6 Å². The van der Waals surface area contributed by atoms with Gasteiger partial charge in [-0.05, 0) is 59.7 Å². The number of carboxylic acids is 2. The van der Waals surface area contributed by atoms with Crippen molar-refractivity contribution in [1.29, 1.82) is 0 Å². The number of phenols is 1. The Morgan fingerprint density at radius 1 is 0.923 bits per heavy atom. The third kappa shape index (κ3) is 6.57. The van der Waals surface area contributed by atoms with E-state index in [2.05, 4.69) is 0 Å². The first kappa shape index (κ1) is 27.7. The Kier molecular flexibility index (Phi) is 8.86. The summed E-state index contributed by atoms with van der Waals surface area (Å²) >= 11 is 0. The van der Waals surface area contributed by atoms with Crippen molar-refractivity contribution in [2.24, 2.45) is 5.92 Å². The van der Waals surface area contributed by atoms with Gasteiger partial charge in [-0.25, -0.2) is 0 Å². The van der Waals surface area contributed by atoms with Crippen molar-refractivity contribution < 1.29 is 39.2 Å². The minimum absolute atomic E-state index is 0.129. The van der Waals surface area contributed by atoms with Gasteiger partial charge >= 0.3 is 11.9 Å². The van der Waals surface area contributed by atoms with Crippen LogP contribution in [-0.2, 0) is 28.9 Å². The first-order valence-corrected chi connectivity index (χ1v) is 13.1. The summed E-state index contributed by atoms with van der Waals surface area (Å²) in [6, 6.07) is 16.5. The molecule has 0 aliphatic heterocycles. The van der Waals surface area contributed by atoms with Crippen LogP contribution in [0.1, 0.15) is 53.2 Å². The molecule has 204 valence electrons. The highest BCUT2D eigenvalue weighted by molar-refractivity contribution is 6.04. The zero-order valence-electron chi connectivity index (χ0n) is 21.8. The molecule has 1 atom stereocenters. The summed E-state index contributed by atoms with van der Waals surface area (Å²) in [7, 11) is 0. The number of aliphatic carboxylic acids is 2. The summed E-state index contributed by atoms with van der Waals surface area (Å²) in [6.45, 7) is 2.65. The third-order valence-corrected chi connectivity index (χ3v) is 6.93. The zero-order valence-corrected chi connectivity index (χ0v) is 21.8. The molecule has 0 bridgehead atoms. The van der Waals surface area contributed by atoms with Crippen LogP contribution < -0.4 is 9.47 Å². The van der Waals surface area contributed by atoms with E-state index in [-0.39, 0.29) is 37.2 Å². The lowest BCUT2D eigenvalue weighted by Crippen LogP contribution is -2.13. The van der Waals surface area contributed by atoms with Crippen LogP contribution in [0.3, 0.4) is 0 Å². The van der Waals surface area contributed by atoms with Crippen molar-refractivity contribution in [1.82, 2.24) is 0 Å². The van der Waals surface area contributed by atoms with E-state index in [4.69, 9.17) is 14.6 Å². The van der Waals surface area contributed by atoms with Crippen LogP contribution in [0.2, 0.25) is 0 Å². The third-order valence-electron chi connectivity index (χ3n) is 6.93. The summed E-state index contributed by atoms with van der Waals surface area (Å²) in [4.78, 5) is 35.1. The summed E-state index contributed by atoms with van der Waals surface area (Å²) in [5.41, 5.74) is 4.42. The number of rotatable bonds is 13. The van der Waals surface area contributed by atoms with Gasteiger partial charge in [-0.1, -0.05) is 37.3 Å². The van der Waals surface area contributed by atoms with Crippen molar-refractivity contribution >= 4 is 17.7 Å². The number of carbonyl (C=O) groups is 3. The maximum atomic E-state index is 12.7. The Hall–Kier alpha value is -4.33. The number of fused-ring (bicyclic) bond motifs is 1. The molecule has 0 saturated carbocycles. The van der Waals surface area contributed by atoms with Crippen molar-refractivity contribution in [3.8, 4) is 28.4 Å². The fourth-order valence-electron chi connectivity index (χ4n) is 5.01. The number of carboxylic acid groups (broad SMARTS) is 2. The smallest absolute Gasteiger partial charge is 0.304 e. The molecular weight excluding hydrogens is 500 g/mol. The van der Waals surface area contributed by atoms with Gasteiger partial charge in [0.2, 0.25) is 0 Å². The number of ether oxygens (including phenoxy) is 2. The van der Waals surface area contributed by atoms with Crippen molar-refractivity contribution in [2.45, 2.75) is 45.4 Å². The lowest BCUT2D eigenvalue weighted by molar-refractivity contribution is -0.138. The van der Waals surface area contributed by atoms with Gasteiger partial charge in [0.25, 0.3) is 0 Å². The largest absolute Gasteiger partial charge is 0.507 e. The van der Waals surface area contributed by atoms with Crippen LogP contribution in [-0.4, -0.2) is 46.3 Å². The second kappa shape index (κ2) is 12.5. The van der Waals surface area contributed by atoms with Crippen LogP contribution in [0, 0.1) is 5.92 Å². The van der Waals surface area contributed by atoms with Gasteiger partial charge in [0, 0.05) is 36.0 Å². The fourth-order valence-corrected chi connectivity index (χ4v) is 5.01. The Labute approximate surface area is 226 Å². The van der Waals surface area contributed by atoms with Gasteiger partial charge < -0.3 is 24.8 Å². The van der Waals surface area contributed by atoms with Crippen molar-refractivity contribution in [2.75, 3.05) is 13.2 Å². The molecular formula is C31H32O8.